The van der Waals surface area contributed by atoms with Crippen molar-refractivity contribution in [1.29, 1.82) is 0 Å². The van der Waals surface area contributed by atoms with Crippen LogP contribution in [0.1, 0.15) is 44.1 Å². The SMILES string of the molecule is Cl.NC1CCCN(c2c(/C=C3/SC(=O)NC3=O)cccc2OC2CCCC2)C1. The number of benzene rings is 1. The molecule has 152 valence electrons. The number of piperidine rings is 1. The van der Waals surface area contributed by atoms with Crippen LogP contribution >= 0.6 is 24.2 Å². The number of nitrogens with zero attached hydrogens (tertiary/aromatic N) is 1. The minimum atomic E-state index is -0.339. The van der Waals surface area contributed by atoms with Crippen LogP contribution in [0.4, 0.5) is 10.5 Å². The molecule has 8 heteroatoms. The van der Waals surface area contributed by atoms with Gasteiger partial charge in [0, 0.05) is 24.7 Å². The minimum Gasteiger partial charge on any atom is -0.488 e. The summed E-state index contributed by atoms with van der Waals surface area (Å²) in [6, 6.07) is 6.05. The first-order chi connectivity index (χ1) is 13.1. The number of nitrogens with one attached hydrogen (secondary N) is 1. The molecule has 3 fully saturated rings. The maximum atomic E-state index is 12.0. The van der Waals surface area contributed by atoms with Crippen LogP contribution < -0.4 is 20.7 Å². The lowest BCUT2D eigenvalue weighted by Crippen LogP contribution is -2.43. The molecule has 1 atom stereocenters. The molecule has 0 bridgehead atoms. The molecule has 0 aromatic heterocycles. The predicted molar refractivity (Wildman–Crippen MR) is 115 cm³/mol. The second kappa shape index (κ2) is 9.20. The highest BCUT2D eigenvalue weighted by molar-refractivity contribution is 8.18. The number of amides is 2. The maximum absolute atomic E-state index is 12.0. The number of ether oxygens (including phenoxy) is 1. The number of imide groups is 1. The average Bonchev–Trinajstić information content (AvgIpc) is 3.25. The van der Waals surface area contributed by atoms with Gasteiger partial charge in [0.15, 0.2) is 0 Å². The molecular weight excluding hydrogens is 398 g/mol. The van der Waals surface area contributed by atoms with E-state index in [4.69, 9.17) is 10.5 Å². The molecule has 2 aliphatic heterocycles. The van der Waals surface area contributed by atoms with E-state index in [1.807, 2.05) is 18.2 Å². The first-order valence-electron chi connectivity index (χ1n) is 9.65. The number of hydrogen-bond donors (Lipinski definition) is 2. The van der Waals surface area contributed by atoms with Crippen molar-refractivity contribution in [1.82, 2.24) is 5.32 Å². The number of nitrogens with two attached hydrogens (primary N) is 1. The number of anilines is 1. The molecule has 6 nitrogen and oxygen atoms in total. The van der Waals surface area contributed by atoms with Crippen molar-refractivity contribution in [2.45, 2.75) is 50.7 Å². The fourth-order valence-electron chi connectivity index (χ4n) is 4.05. The lowest BCUT2D eigenvalue weighted by molar-refractivity contribution is -0.115. The summed E-state index contributed by atoms with van der Waals surface area (Å²) in [7, 11) is 0. The summed E-state index contributed by atoms with van der Waals surface area (Å²) < 4.78 is 6.36. The van der Waals surface area contributed by atoms with Crippen molar-refractivity contribution in [3.05, 3.63) is 28.7 Å². The van der Waals surface area contributed by atoms with Crippen LogP contribution in [-0.4, -0.2) is 36.4 Å². The lowest BCUT2D eigenvalue weighted by atomic mass is 10.0. The van der Waals surface area contributed by atoms with E-state index in [2.05, 4.69) is 10.2 Å². The number of carbonyl (C=O) groups is 2. The van der Waals surface area contributed by atoms with Gasteiger partial charge in [0.05, 0.1) is 16.7 Å². The Morgan fingerprint density at radius 1 is 1.18 bits per heavy atom. The van der Waals surface area contributed by atoms with Crippen molar-refractivity contribution in [2.24, 2.45) is 5.73 Å². The number of para-hydroxylation sites is 1. The van der Waals surface area contributed by atoms with Crippen molar-refractivity contribution in [3.8, 4) is 5.75 Å². The van der Waals surface area contributed by atoms with E-state index in [-0.39, 0.29) is 35.7 Å². The Morgan fingerprint density at radius 3 is 2.64 bits per heavy atom. The van der Waals surface area contributed by atoms with E-state index in [0.717, 1.165) is 67.5 Å². The van der Waals surface area contributed by atoms with Crippen LogP contribution in [0.15, 0.2) is 23.1 Å². The van der Waals surface area contributed by atoms with Crippen molar-refractivity contribution < 1.29 is 14.3 Å². The molecule has 4 rings (SSSR count). The van der Waals surface area contributed by atoms with Gasteiger partial charge in [-0.15, -0.1) is 12.4 Å². The van der Waals surface area contributed by atoms with E-state index < -0.39 is 0 Å². The van der Waals surface area contributed by atoms with Gasteiger partial charge in [0.1, 0.15) is 5.75 Å². The Labute approximate surface area is 175 Å². The fourth-order valence-corrected chi connectivity index (χ4v) is 4.72. The Balaban J connectivity index is 0.00000225. The van der Waals surface area contributed by atoms with Crippen LogP contribution in [-0.2, 0) is 4.79 Å². The van der Waals surface area contributed by atoms with Crippen LogP contribution in [0.3, 0.4) is 0 Å². The molecule has 1 saturated carbocycles. The predicted octanol–water partition coefficient (Wildman–Crippen LogP) is 3.68. The van der Waals surface area contributed by atoms with Crippen LogP contribution in [0.5, 0.6) is 5.75 Å². The molecular formula is C20H26ClN3O3S. The average molecular weight is 424 g/mol. The molecule has 2 saturated heterocycles. The van der Waals surface area contributed by atoms with Gasteiger partial charge in [-0.1, -0.05) is 12.1 Å². The molecule has 0 spiro atoms. The van der Waals surface area contributed by atoms with Gasteiger partial charge < -0.3 is 15.4 Å². The van der Waals surface area contributed by atoms with Crippen LogP contribution in [0.25, 0.3) is 6.08 Å². The van der Waals surface area contributed by atoms with Crippen molar-refractivity contribution in [2.75, 3.05) is 18.0 Å². The fraction of sp³-hybridized carbons (Fsp3) is 0.500. The van der Waals surface area contributed by atoms with Gasteiger partial charge in [-0.05, 0) is 62.4 Å². The molecule has 28 heavy (non-hydrogen) atoms. The highest BCUT2D eigenvalue weighted by atomic mass is 35.5. The Kier molecular flexibility index (Phi) is 6.91. The lowest BCUT2D eigenvalue weighted by Gasteiger charge is -2.35. The first kappa shape index (κ1) is 21.0. The molecule has 1 aliphatic carbocycles. The van der Waals surface area contributed by atoms with Crippen LogP contribution in [0.2, 0.25) is 0 Å². The summed E-state index contributed by atoms with van der Waals surface area (Å²) in [5.74, 6) is 0.508. The highest BCUT2D eigenvalue weighted by Gasteiger charge is 2.28. The third kappa shape index (κ3) is 4.64. The van der Waals surface area contributed by atoms with E-state index in [9.17, 15) is 9.59 Å². The van der Waals surface area contributed by atoms with Gasteiger partial charge in [-0.25, -0.2) is 0 Å². The number of rotatable bonds is 4. The summed E-state index contributed by atoms with van der Waals surface area (Å²) in [5, 5.41) is 1.99. The van der Waals surface area contributed by atoms with E-state index >= 15 is 0 Å². The standard InChI is InChI=1S/C20H25N3O3S.ClH/c21-14-6-4-10-23(12-14)18-13(11-17-19(24)22-20(25)27-17)5-3-9-16(18)26-15-7-1-2-8-15;/h3,5,9,11,14-15H,1-2,4,6-8,10,12,21H2,(H,22,24,25);1H/b17-11+;. The van der Waals surface area contributed by atoms with Crippen molar-refractivity contribution in [3.63, 3.8) is 0 Å². The molecule has 3 aliphatic rings. The molecule has 1 unspecified atom stereocenters. The summed E-state index contributed by atoms with van der Waals surface area (Å²) in [4.78, 5) is 26.2. The van der Waals surface area contributed by atoms with Crippen molar-refractivity contribution >= 4 is 47.1 Å². The number of hydrogen-bond acceptors (Lipinski definition) is 6. The Morgan fingerprint density at radius 2 is 1.96 bits per heavy atom. The molecule has 1 aromatic rings. The van der Waals surface area contributed by atoms with E-state index in [0.29, 0.717) is 4.91 Å². The van der Waals surface area contributed by atoms with Crippen LogP contribution in [0, 0.1) is 0 Å². The van der Waals surface area contributed by atoms with E-state index in [1.54, 1.807) is 6.08 Å². The summed E-state index contributed by atoms with van der Waals surface area (Å²) in [5.41, 5.74) is 8.10. The molecule has 2 heterocycles. The largest absolute Gasteiger partial charge is 0.488 e. The monoisotopic (exact) mass is 423 g/mol. The smallest absolute Gasteiger partial charge is 0.290 e. The second-order valence-electron chi connectivity index (χ2n) is 7.42. The van der Waals surface area contributed by atoms with Gasteiger partial charge in [-0.3, -0.25) is 14.9 Å². The van der Waals surface area contributed by atoms with E-state index in [1.165, 1.54) is 12.8 Å². The minimum absolute atomic E-state index is 0. The zero-order valence-electron chi connectivity index (χ0n) is 15.7. The van der Waals surface area contributed by atoms with Gasteiger partial charge in [0.25, 0.3) is 11.1 Å². The van der Waals surface area contributed by atoms with Gasteiger partial charge in [-0.2, -0.15) is 0 Å². The normalized spacial score (nSPS) is 24.4. The second-order valence-corrected chi connectivity index (χ2v) is 8.43. The maximum Gasteiger partial charge on any atom is 0.290 e. The summed E-state index contributed by atoms with van der Waals surface area (Å²) in [6.45, 7) is 1.67. The highest BCUT2D eigenvalue weighted by Crippen LogP contribution is 2.39. The summed E-state index contributed by atoms with van der Waals surface area (Å²) in [6.07, 6.45) is 8.66. The third-order valence-corrected chi connectivity index (χ3v) is 6.14. The zero-order chi connectivity index (χ0) is 18.8. The summed E-state index contributed by atoms with van der Waals surface area (Å²) >= 11 is 0.941. The molecule has 1 aromatic carbocycles. The number of carbonyl (C=O) groups excluding carboxylic acids is 2. The number of halogens is 1. The molecule has 2 amide bonds. The van der Waals surface area contributed by atoms with Gasteiger partial charge >= 0.3 is 0 Å². The quantitative estimate of drug-likeness (QED) is 0.718. The molecule has 0 radical (unpaired) electrons. The zero-order valence-corrected chi connectivity index (χ0v) is 17.3. The Hall–Kier alpha value is -1.70. The Bertz CT molecular complexity index is 780. The number of thioether (sulfide) groups is 1. The first-order valence-corrected chi connectivity index (χ1v) is 10.5. The third-order valence-electron chi connectivity index (χ3n) is 5.33. The topological polar surface area (TPSA) is 84.7 Å². The molecule has 3 N–H and O–H groups in total. The van der Waals surface area contributed by atoms with Gasteiger partial charge in [0.2, 0.25) is 0 Å².